The van der Waals surface area contributed by atoms with Gasteiger partial charge in [-0.05, 0) is 57.6 Å². The molecule has 0 bridgehead atoms. The summed E-state index contributed by atoms with van der Waals surface area (Å²) >= 11 is 0. The first-order chi connectivity index (χ1) is 32.2. The Morgan fingerprint density at radius 2 is 0.754 bits per heavy atom. The van der Waals surface area contributed by atoms with Crippen LogP contribution in [0.3, 0.4) is 0 Å². The topological polar surface area (TPSA) is 56.0 Å². The summed E-state index contributed by atoms with van der Waals surface area (Å²) in [5, 5.41) is 3.24. The molecule has 0 unspecified atom stereocenters. The van der Waals surface area contributed by atoms with Crippen LogP contribution in [-0.2, 0) is 0 Å². The minimum Gasteiger partial charge on any atom is -0.306 e. The van der Waals surface area contributed by atoms with Crippen molar-refractivity contribution in [3.8, 4) is 89.8 Å². The maximum Gasteiger partial charge on any atom is 0.160 e. The van der Waals surface area contributed by atoms with Gasteiger partial charge in [-0.1, -0.05) is 200 Å². The number of pyridine rings is 2. The molecule has 0 aliphatic rings. The van der Waals surface area contributed by atoms with Gasteiger partial charge in [-0.3, -0.25) is 0 Å². The van der Waals surface area contributed by atoms with Crippen molar-refractivity contribution in [2.75, 3.05) is 0 Å². The normalized spacial score (nSPS) is 11.4. The van der Waals surface area contributed by atoms with Gasteiger partial charge >= 0.3 is 0 Å². The van der Waals surface area contributed by atoms with E-state index in [4.69, 9.17) is 19.9 Å². The van der Waals surface area contributed by atoms with Crippen LogP contribution >= 0.6 is 0 Å². The van der Waals surface area contributed by atoms with Crippen LogP contribution in [0.15, 0.2) is 237 Å². The number of nitrogens with zero attached hydrogens (tertiary/aromatic N) is 5. The molecule has 0 aliphatic carbocycles. The van der Waals surface area contributed by atoms with Crippen LogP contribution in [0.1, 0.15) is 0 Å². The minimum absolute atomic E-state index is 0.681. The van der Waals surface area contributed by atoms with Gasteiger partial charge in [0.05, 0.1) is 28.3 Å². The van der Waals surface area contributed by atoms with Gasteiger partial charge in [0.1, 0.15) is 5.65 Å². The molecule has 0 fully saturated rings. The Kier molecular flexibility index (Phi) is 9.42. The van der Waals surface area contributed by atoms with E-state index >= 15 is 0 Å². The average molecular weight is 830 g/mol. The zero-order chi connectivity index (χ0) is 43.1. The molecule has 0 aliphatic heterocycles. The third-order valence-electron chi connectivity index (χ3n) is 12.3. The molecule has 0 radical (unpaired) electrons. The van der Waals surface area contributed by atoms with Gasteiger partial charge in [0.2, 0.25) is 0 Å². The molecule has 12 aromatic rings. The summed E-state index contributed by atoms with van der Waals surface area (Å²) in [7, 11) is 0. The van der Waals surface area contributed by atoms with Crippen LogP contribution in [0.4, 0.5) is 0 Å². The molecule has 0 spiro atoms. The number of fused-ring (bicyclic) bond motifs is 5. The molecular formula is C60H39N5. The summed E-state index contributed by atoms with van der Waals surface area (Å²) < 4.78 is 2.13. The van der Waals surface area contributed by atoms with Crippen LogP contribution in [0, 0.1) is 0 Å². The third kappa shape index (κ3) is 7.21. The first-order valence-electron chi connectivity index (χ1n) is 21.9. The standard InChI is InChI=1S/C60H39N5/c1-4-13-40(14-5-1)42-23-29-46(30-24-42)54-38-55(63-59(62-54)48-33-27-43(28-34-48)41-15-6-2-7-16-41)47-31-25-44(26-32-47)49-19-12-20-50(37-49)58-52-35-36-65-39-56(45-17-8-3-9-18-45)64-60(65)57(52)51-21-10-11-22-53(51)61-58/h1-39H. The molecule has 0 saturated carbocycles. The maximum atomic E-state index is 5.29. The lowest BCUT2D eigenvalue weighted by Gasteiger charge is -2.13. The van der Waals surface area contributed by atoms with Crippen LogP contribution in [0.25, 0.3) is 117 Å². The molecule has 4 aromatic heterocycles. The predicted octanol–water partition coefficient (Wildman–Crippen LogP) is 15.2. The average Bonchev–Trinajstić information content (AvgIpc) is 3.84. The largest absolute Gasteiger partial charge is 0.306 e. The highest BCUT2D eigenvalue weighted by molar-refractivity contribution is 6.16. The van der Waals surface area contributed by atoms with Gasteiger partial charge in [-0.2, -0.15) is 0 Å². The highest BCUT2D eigenvalue weighted by Gasteiger charge is 2.17. The second kappa shape index (κ2) is 16.2. The molecule has 304 valence electrons. The van der Waals surface area contributed by atoms with E-state index < -0.39 is 0 Å². The molecule has 5 heteroatoms. The summed E-state index contributed by atoms with van der Waals surface area (Å²) in [5.41, 5.74) is 17.5. The lowest BCUT2D eigenvalue weighted by atomic mass is 9.97. The summed E-state index contributed by atoms with van der Waals surface area (Å²) in [6, 6.07) is 78.4. The summed E-state index contributed by atoms with van der Waals surface area (Å²) in [5.74, 6) is 0.681. The molecule has 0 atom stereocenters. The van der Waals surface area contributed by atoms with Gasteiger partial charge < -0.3 is 4.40 Å². The zero-order valence-corrected chi connectivity index (χ0v) is 35.3. The third-order valence-corrected chi connectivity index (χ3v) is 12.3. The molecule has 0 amide bonds. The Bertz CT molecular complexity index is 3560. The highest BCUT2D eigenvalue weighted by Crippen LogP contribution is 2.38. The molecule has 4 heterocycles. The van der Waals surface area contributed by atoms with E-state index in [2.05, 4.69) is 223 Å². The Morgan fingerprint density at radius 1 is 0.292 bits per heavy atom. The van der Waals surface area contributed by atoms with Crippen molar-refractivity contribution in [1.82, 2.24) is 24.3 Å². The van der Waals surface area contributed by atoms with E-state index in [1.807, 2.05) is 18.2 Å². The summed E-state index contributed by atoms with van der Waals surface area (Å²) in [6.07, 6.45) is 4.21. The zero-order valence-electron chi connectivity index (χ0n) is 35.3. The highest BCUT2D eigenvalue weighted by atomic mass is 15.0. The maximum absolute atomic E-state index is 5.29. The van der Waals surface area contributed by atoms with Crippen LogP contribution in [0.5, 0.6) is 0 Å². The van der Waals surface area contributed by atoms with Crippen molar-refractivity contribution < 1.29 is 0 Å². The monoisotopic (exact) mass is 829 g/mol. The van der Waals surface area contributed by atoms with Crippen molar-refractivity contribution in [2.45, 2.75) is 0 Å². The number of hydrogen-bond donors (Lipinski definition) is 0. The van der Waals surface area contributed by atoms with Crippen molar-refractivity contribution in [3.05, 3.63) is 237 Å². The van der Waals surface area contributed by atoms with Crippen LogP contribution < -0.4 is 0 Å². The second-order valence-electron chi connectivity index (χ2n) is 16.3. The van der Waals surface area contributed by atoms with Crippen LogP contribution in [-0.4, -0.2) is 24.3 Å². The fraction of sp³-hybridized carbons (Fsp3) is 0. The fourth-order valence-electron chi connectivity index (χ4n) is 8.90. The van der Waals surface area contributed by atoms with Crippen molar-refractivity contribution >= 4 is 27.3 Å². The Hall–Kier alpha value is -8.80. The SMILES string of the molecule is c1ccc(-c2ccc(-c3cc(-c4ccc(-c5cccc(-c6nc7ccccc7c7c6ccn6cc(-c8ccccc8)nc76)c5)cc4)nc(-c4ccc(-c5ccccc5)cc4)n3)cc2)cc1. The van der Waals surface area contributed by atoms with E-state index in [0.29, 0.717) is 5.82 Å². The Morgan fingerprint density at radius 3 is 1.37 bits per heavy atom. The summed E-state index contributed by atoms with van der Waals surface area (Å²) in [6.45, 7) is 0. The quantitative estimate of drug-likeness (QED) is 0.143. The summed E-state index contributed by atoms with van der Waals surface area (Å²) in [4.78, 5) is 20.8. The van der Waals surface area contributed by atoms with E-state index in [1.54, 1.807) is 0 Å². The number of para-hydroxylation sites is 1. The first kappa shape index (κ1) is 37.9. The molecule has 0 N–H and O–H groups in total. The van der Waals surface area contributed by atoms with E-state index in [-0.39, 0.29) is 0 Å². The van der Waals surface area contributed by atoms with Gasteiger partial charge in [-0.15, -0.1) is 0 Å². The number of rotatable bonds is 8. The lowest BCUT2D eigenvalue weighted by molar-refractivity contribution is 1.18. The lowest BCUT2D eigenvalue weighted by Crippen LogP contribution is -1.96. The van der Waals surface area contributed by atoms with Gasteiger partial charge in [0, 0.05) is 56.4 Å². The van der Waals surface area contributed by atoms with Crippen LogP contribution in [0.2, 0.25) is 0 Å². The first-order valence-corrected chi connectivity index (χ1v) is 21.9. The van der Waals surface area contributed by atoms with Crippen molar-refractivity contribution in [2.24, 2.45) is 0 Å². The van der Waals surface area contributed by atoms with E-state index in [1.165, 1.54) is 11.1 Å². The molecule has 65 heavy (non-hydrogen) atoms. The second-order valence-corrected chi connectivity index (χ2v) is 16.3. The molecular weight excluding hydrogens is 791 g/mol. The fourth-order valence-corrected chi connectivity index (χ4v) is 8.90. The van der Waals surface area contributed by atoms with E-state index in [9.17, 15) is 0 Å². The van der Waals surface area contributed by atoms with Gasteiger partial charge in [0.25, 0.3) is 0 Å². The van der Waals surface area contributed by atoms with Crippen molar-refractivity contribution in [1.29, 1.82) is 0 Å². The number of imidazole rings is 1. The van der Waals surface area contributed by atoms with E-state index in [0.717, 1.165) is 100 Å². The minimum atomic E-state index is 0.681. The van der Waals surface area contributed by atoms with Gasteiger partial charge in [-0.25, -0.2) is 19.9 Å². The number of aromatic nitrogens is 5. The molecule has 0 saturated heterocycles. The molecule has 8 aromatic carbocycles. The molecule has 5 nitrogen and oxygen atoms in total. The Balaban J connectivity index is 0.914. The number of hydrogen-bond acceptors (Lipinski definition) is 4. The van der Waals surface area contributed by atoms with Crippen molar-refractivity contribution in [3.63, 3.8) is 0 Å². The smallest absolute Gasteiger partial charge is 0.160 e. The van der Waals surface area contributed by atoms with Gasteiger partial charge in [0.15, 0.2) is 5.82 Å². The Labute approximate surface area is 376 Å². The number of benzene rings is 8. The predicted molar refractivity (Wildman–Crippen MR) is 267 cm³/mol. The molecule has 12 rings (SSSR count).